The molecular formula is C20H26ClN3O2. The molecule has 0 aliphatic heterocycles. The van der Waals surface area contributed by atoms with E-state index in [0.29, 0.717) is 23.2 Å². The van der Waals surface area contributed by atoms with E-state index in [-0.39, 0.29) is 5.91 Å². The summed E-state index contributed by atoms with van der Waals surface area (Å²) in [5.41, 5.74) is 2.23. The van der Waals surface area contributed by atoms with E-state index >= 15 is 0 Å². The van der Waals surface area contributed by atoms with Gasteiger partial charge in [0.15, 0.2) is 0 Å². The molecule has 0 aliphatic rings. The topological polar surface area (TPSA) is 56.2 Å². The number of nitrogens with one attached hydrogen (secondary N) is 1. The summed E-state index contributed by atoms with van der Waals surface area (Å²) in [6.07, 6.45) is 6.16. The van der Waals surface area contributed by atoms with Crippen LogP contribution in [0.4, 0.5) is 5.69 Å². The van der Waals surface area contributed by atoms with E-state index in [1.54, 1.807) is 10.8 Å². The van der Waals surface area contributed by atoms with Crippen molar-refractivity contribution >= 4 is 29.3 Å². The van der Waals surface area contributed by atoms with Crippen LogP contribution in [0.2, 0.25) is 5.15 Å². The van der Waals surface area contributed by atoms with Gasteiger partial charge in [-0.2, -0.15) is 5.10 Å². The van der Waals surface area contributed by atoms with Crippen molar-refractivity contribution in [2.24, 2.45) is 0 Å². The van der Waals surface area contributed by atoms with Gasteiger partial charge in [-0.05, 0) is 38.0 Å². The van der Waals surface area contributed by atoms with Gasteiger partial charge in [0.05, 0.1) is 18.0 Å². The molecule has 0 saturated carbocycles. The van der Waals surface area contributed by atoms with Gasteiger partial charge < -0.3 is 10.1 Å². The molecule has 0 bridgehead atoms. The molecule has 2 rings (SSSR count). The number of nitrogens with zero attached hydrogens (tertiary/aromatic N) is 2. The normalized spacial score (nSPS) is 11.1. The van der Waals surface area contributed by atoms with Crippen molar-refractivity contribution in [1.82, 2.24) is 9.78 Å². The summed E-state index contributed by atoms with van der Waals surface area (Å²) in [5, 5.41) is 7.85. The summed E-state index contributed by atoms with van der Waals surface area (Å²) in [6.45, 7) is 7.43. The molecule has 1 aromatic carbocycles. The van der Waals surface area contributed by atoms with Crippen molar-refractivity contribution in [2.75, 3.05) is 11.9 Å². The van der Waals surface area contributed by atoms with Crippen molar-refractivity contribution in [3.63, 3.8) is 0 Å². The number of hydrogen-bond acceptors (Lipinski definition) is 3. The Labute approximate surface area is 160 Å². The van der Waals surface area contributed by atoms with Crippen molar-refractivity contribution in [3.05, 3.63) is 46.8 Å². The minimum atomic E-state index is -0.241. The minimum absolute atomic E-state index is 0.241. The van der Waals surface area contributed by atoms with Crippen LogP contribution in [0.15, 0.2) is 30.3 Å². The van der Waals surface area contributed by atoms with Crippen LogP contribution in [-0.4, -0.2) is 22.3 Å². The fraction of sp³-hybridized carbons (Fsp3) is 0.400. The molecule has 0 spiro atoms. The van der Waals surface area contributed by atoms with E-state index in [0.717, 1.165) is 37.1 Å². The summed E-state index contributed by atoms with van der Waals surface area (Å²) in [4.78, 5) is 12.3. The predicted octanol–water partition coefficient (Wildman–Crippen LogP) is 5.09. The molecular weight excluding hydrogens is 350 g/mol. The van der Waals surface area contributed by atoms with Crippen molar-refractivity contribution < 1.29 is 9.53 Å². The molecule has 0 fully saturated rings. The Hall–Kier alpha value is -2.27. The summed E-state index contributed by atoms with van der Waals surface area (Å²) in [5.74, 6) is 0.423. The predicted molar refractivity (Wildman–Crippen MR) is 107 cm³/mol. The Morgan fingerprint density at radius 1 is 1.31 bits per heavy atom. The lowest BCUT2D eigenvalue weighted by molar-refractivity contribution is -0.111. The number of unbranched alkanes of at least 4 members (excludes halogenated alkanes) is 1. The van der Waals surface area contributed by atoms with E-state index in [1.807, 2.05) is 38.1 Å². The van der Waals surface area contributed by atoms with Crippen LogP contribution in [0, 0.1) is 6.92 Å². The standard InChI is InChI=1S/C20H26ClN3O2/c1-4-6-13-24-20(21)16(15(3)23-24)11-12-19(25)22-17-9-7-8-10-18(17)26-14-5-2/h7-12H,4-6,13-14H2,1-3H3,(H,22,25)/b12-11+. The van der Waals surface area contributed by atoms with Crippen molar-refractivity contribution in [3.8, 4) is 5.75 Å². The molecule has 140 valence electrons. The lowest BCUT2D eigenvalue weighted by atomic mass is 10.2. The molecule has 2 aromatic rings. The van der Waals surface area contributed by atoms with Crippen molar-refractivity contribution in [2.45, 2.75) is 46.6 Å². The van der Waals surface area contributed by atoms with E-state index in [4.69, 9.17) is 16.3 Å². The van der Waals surface area contributed by atoms with Crippen LogP contribution in [0.5, 0.6) is 5.75 Å². The van der Waals surface area contributed by atoms with Gasteiger partial charge in [0, 0.05) is 18.2 Å². The molecule has 26 heavy (non-hydrogen) atoms. The summed E-state index contributed by atoms with van der Waals surface area (Å²) in [6, 6.07) is 7.40. The van der Waals surface area contributed by atoms with Gasteiger partial charge >= 0.3 is 0 Å². The fourth-order valence-corrected chi connectivity index (χ4v) is 2.78. The maximum Gasteiger partial charge on any atom is 0.248 e. The number of hydrogen-bond donors (Lipinski definition) is 1. The average molecular weight is 376 g/mol. The monoisotopic (exact) mass is 375 g/mol. The third-order valence-corrected chi connectivity index (χ3v) is 4.24. The maximum absolute atomic E-state index is 12.3. The Morgan fingerprint density at radius 3 is 2.81 bits per heavy atom. The molecule has 6 heteroatoms. The second-order valence-corrected chi connectivity index (χ2v) is 6.39. The number of benzene rings is 1. The van der Waals surface area contributed by atoms with Gasteiger partial charge in [0.1, 0.15) is 10.9 Å². The van der Waals surface area contributed by atoms with Crippen LogP contribution in [0.25, 0.3) is 6.08 Å². The first-order chi connectivity index (χ1) is 12.6. The van der Waals surface area contributed by atoms with Gasteiger partial charge in [0.2, 0.25) is 5.91 Å². The minimum Gasteiger partial charge on any atom is -0.491 e. The Balaban J connectivity index is 2.08. The number of aromatic nitrogens is 2. The molecule has 0 unspecified atom stereocenters. The number of para-hydroxylation sites is 2. The van der Waals surface area contributed by atoms with E-state index in [2.05, 4.69) is 17.3 Å². The number of ether oxygens (including phenoxy) is 1. The van der Waals surface area contributed by atoms with Crippen LogP contribution < -0.4 is 10.1 Å². The lowest BCUT2D eigenvalue weighted by Crippen LogP contribution is -2.09. The van der Waals surface area contributed by atoms with Gasteiger partial charge in [0.25, 0.3) is 0 Å². The first kappa shape index (κ1) is 20.0. The number of halogens is 1. The smallest absolute Gasteiger partial charge is 0.248 e. The highest BCUT2D eigenvalue weighted by Crippen LogP contribution is 2.25. The summed E-state index contributed by atoms with van der Waals surface area (Å²) >= 11 is 6.39. The van der Waals surface area contributed by atoms with Crippen LogP contribution in [-0.2, 0) is 11.3 Å². The molecule has 0 radical (unpaired) electrons. The van der Waals surface area contributed by atoms with Gasteiger partial charge in [-0.3, -0.25) is 9.48 Å². The number of carbonyl (C=O) groups is 1. The van der Waals surface area contributed by atoms with Crippen LogP contribution >= 0.6 is 11.6 Å². The Morgan fingerprint density at radius 2 is 2.08 bits per heavy atom. The highest BCUT2D eigenvalue weighted by Gasteiger charge is 2.11. The Kier molecular flexibility index (Phi) is 7.73. The average Bonchev–Trinajstić information content (AvgIpc) is 2.90. The lowest BCUT2D eigenvalue weighted by Gasteiger charge is -2.10. The molecule has 1 aromatic heterocycles. The first-order valence-electron chi connectivity index (χ1n) is 9.00. The van der Waals surface area contributed by atoms with Gasteiger partial charge in [-0.1, -0.05) is 44.0 Å². The third-order valence-electron chi connectivity index (χ3n) is 3.84. The Bertz CT molecular complexity index is 768. The van der Waals surface area contributed by atoms with Gasteiger partial charge in [-0.15, -0.1) is 0 Å². The second kappa shape index (κ2) is 10.0. The zero-order valence-electron chi connectivity index (χ0n) is 15.6. The van der Waals surface area contributed by atoms with Crippen LogP contribution in [0.3, 0.4) is 0 Å². The zero-order chi connectivity index (χ0) is 18.9. The van der Waals surface area contributed by atoms with E-state index < -0.39 is 0 Å². The molecule has 0 saturated heterocycles. The summed E-state index contributed by atoms with van der Waals surface area (Å²) < 4.78 is 7.44. The largest absolute Gasteiger partial charge is 0.491 e. The quantitative estimate of drug-likeness (QED) is 0.621. The summed E-state index contributed by atoms with van der Waals surface area (Å²) in [7, 11) is 0. The number of amides is 1. The molecule has 1 N–H and O–H groups in total. The van der Waals surface area contributed by atoms with E-state index in [9.17, 15) is 4.79 Å². The number of carbonyl (C=O) groups excluding carboxylic acids is 1. The van der Waals surface area contributed by atoms with Crippen molar-refractivity contribution in [1.29, 1.82) is 0 Å². The second-order valence-electron chi connectivity index (χ2n) is 6.03. The van der Waals surface area contributed by atoms with Crippen LogP contribution in [0.1, 0.15) is 44.4 Å². The fourth-order valence-electron chi connectivity index (χ4n) is 2.45. The number of anilines is 1. The molecule has 5 nitrogen and oxygen atoms in total. The molecule has 1 heterocycles. The molecule has 0 aliphatic carbocycles. The zero-order valence-corrected chi connectivity index (χ0v) is 16.3. The molecule has 0 atom stereocenters. The van der Waals surface area contributed by atoms with Gasteiger partial charge in [-0.25, -0.2) is 0 Å². The maximum atomic E-state index is 12.3. The highest BCUT2D eigenvalue weighted by molar-refractivity contribution is 6.31. The third kappa shape index (κ3) is 5.36. The molecule has 1 amide bonds. The van der Waals surface area contributed by atoms with E-state index in [1.165, 1.54) is 6.08 Å². The number of rotatable bonds is 9. The highest BCUT2D eigenvalue weighted by atomic mass is 35.5. The first-order valence-corrected chi connectivity index (χ1v) is 9.38. The number of aryl methyl sites for hydroxylation is 2. The SMILES string of the molecule is CCCCn1nc(C)c(/C=C/C(=O)Nc2ccccc2OCCC)c1Cl.